The predicted molar refractivity (Wildman–Crippen MR) is 79.6 cm³/mol. The van der Waals surface area contributed by atoms with E-state index < -0.39 is 32.1 Å². The molecule has 0 unspecified atom stereocenters. The Hall–Kier alpha value is -0.940. The third-order valence-corrected chi connectivity index (χ3v) is 3.17. The first-order valence-electron chi connectivity index (χ1n) is 10.0. The van der Waals surface area contributed by atoms with Gasteiger partial charge < -0.3 is 9.64 Å². The van der Waals surface area contributed by atoms with E-state index >= 15 is 0 Å². The molecule has 1 aromatic heterocycles. The number of likely N-dealkylation sites (N-methyl/N-ethyl adjacent to an activating group) is 1. The van der Waals surface area contributed by atoms with Crippen molar-refractivity contribution in [1.82, 2.24) is 13.6 Å². The van der Waals surface area contributed by atoms with Gasteiger partial charge in [0, 0.05) is 24.1 Å². The quantitative estimate of drug-likeness (QED) is 0.772. The van der Waals surface area contributed by atoms with Crippen molar-refractivity contribution in [2.24, 2.45) is 0 Å². The number of ether oxygens (including phenoxy) is 1. The number of aromatic nitrogens is 2. The lowest BCUT2D eigenvalue weighted by Gasteiger charge is -2.22. The van der Waals surface area contributed by atoms with Crippen molar-refractivity contribution in [3.8, 4) is 5.88 Å². The van der Waals surface area contributed by atoms with E-state index in [0.29, 0.717) is 12.2 Å². The van der Waals surface area contributed by atoms with Gasteiger partial charge in [0.15, 0.2) is 0 Å². The highest BCUT2D eigenvalue weighted by molar-refractivity contribution is 6.99. The monoisotopic (exact) mass is 289 g/mol. The summed E-state index contributed by atoms with van der Waals surface area (Å²) in [5.41, 5.74) is 1.35. The average molecular weight is 289 g/mol. The van der Waals surface area contributed by atoms with E-state index in [9.17, 15) is 0 Å². The molecule has 19 heavy (non-hydrogen) atoms. The Bertz CT molecular complexity index is 701. The van der Waals surface area contributed by atoms with Crippen LogP contribution in [0.1, 0.15) is 55.5 Å². The van der Waals surface area contributed by atoms with Crippen molar-refractivity contribution >= 4 is 17.3 Å². The maximum Gasteiger partial charge on any atom is 0.253 e. The summed E-state index contributed by atoms with van der Waals surface area (Å²) in [6.07, 6.45) is -8.79. The van der Waals surface area contributed by atoms with Gasteiger partial charge in [0.25, 0.3) is 5.88 Å². The molecular formula is C14H23N3OS. The lowest BCUT2D eigenvalue weighted by atomic mass is 10.1. The molecule has 2 rings (SSSR count). The molecule has 0 radical (unpaired) electrons. The molecule has 1 aliphatic heterocycles. The fourth-order valence-electron chi connectivity index (χ4n) is 1.78. The summed E-state index contributed by atoms with van der Waals surface area (Å²) in [6, 6.07) is 0. The van der Waals surface area contributed by atoms with Crippen molar-refractivity contribution in [3.63, 3.8) is 0 Å². The van der Waals surface area contributed by atoms with E-state index in [2.05, 4.69) is 13.6 Å². The molecule has 0 N–H and O–H groups in total. The van der Waals surface area contributed by atoms with Gasteiger partial charge in [0.2, 0.25) is 0 Å². The second-order valence-electron chi connectivity index (χ2n) is 4.14. The lowest BCUT2D eigenvalue weighted by molar-refractivity contribution is 0.294. The Kier molecular flexibility index (Phi) is 2.87. The predicted octanol–water partition coefficient (Wildman–Crippen LogP) is 3.22. The van der Waals surface area contributed by atoms with Crippen LogP contribution in [0.2, 0.25) is 0 Å². The van der Waals surface area contributed by atoms with E-state index in [1.54, 1.807) is 0 Å². The zero-order valence-corrected chi connectivity index (χ0v) is 11.9. The minimum atomic E-state index is -3.15. The standard InChI is InChI=1S/C14H23N3OS/c1-3-4-5-6-10-18-14-13(15-19-16-14)12-8-7-9-17(2)11-12/h8H,3-7,9-11H2,1-2H3/i3D2,4D2,5D2,6D2. The second kappa shape index (κ2) is 7.60. The Labute approximate surface area is 131 Å². The van der Waals surface area contributed by atoms with E-state index in [1.165, 1.54) is 0 Å². The third-order valence-electron chi connectivity index (χ3n) is 2.66. The van der Waals surface area contributed by atoms with Crippen LogP contribution in [0.5, 0.6) is 5.88 Å². The molecule has 1 aromatic rings. The highest BCUT2D eigenvalue weighted by Gasteiger charge is 2.18. The topological polar surface area (TPSA) is 38.3 Å². The van der Waals surface area contributed by atoms with Gasteiger partial charge in [0.05, 0.1) is 18.3 Å². The minimum absolute atomic E-state index is 0.0706. The van der Waals surface area contributed by atoms with Gasteiger partial charge in [0.1, 0.15) is 5.69 Å². The van der Waals surface area contributed by atoms with Gasteiger partial charge in [-0.1, -0.05) is 32.1 Å². The van der Waals surface area contributed by atoms with Crippen LogP contribution in [0, 0.1) is 0 Å². The third kappa shape index (κ3) is 4.28. The Balaban J connectivity index is 2.19. The summed E-state index contributed by atoms with van der Waals surface area (Å²) in [4.78, 5) is 2.09. The van der Waals surface area contributed by atoms with Gasteiger partial charge in [-0.3, -0.25) is 0 Å². The Morgan fingerprint density at radius 1 is 1.42 bits per heavy atom. The summed E-state index contributed by atoms with van der Waals surface area (Å²) in [7, 11) is 1.96. The Morgan fingerprint density at radius 3 is 3.11 bits per heavy atom. The maximum absolute atomic E-state index is 8.01. The first kappa shape index (κ1) is 7.18. The second-order valence-corrected chi connectivity index (χ2v) is 4.67. The van der Waals surface area contributed by atoms with Crippen LogP contribution in [-0.2, 0) is 0 Å². The van der Waals surface area contributed by atoms with Gasteiger partial charge in [-0.25, -0.2) is 0 Å². The molecule has 4 nitrogen and oxygen atoms in total. The smallest absolute Gasteiger partial charge is 0.253 e. The molecule has 0 aliphatic carbocycles. The van der Waals surface area contributed by atoms with Crippen molar-refractivity contribution in [3.05, 3.63) is 11.8 Å². The van der Waals surface area contributed by atoms with Crippen LogP contribution < -0.4 is 4.74 Å². The molecule has 0 aromatic carbocycles. The van der Waals surface area contributed by atoms with Crippen molar-refractivity contribution in [1.29, 1.82) is 0 Å². The molecule has 1 aliphatic rings. The first-order valence-corrected chi connectivity index (χ1v) is 6.77. The van der Waals surface area contributed by atoms with Crippen molar-refractivity contribution in [2.45, 2.75) is 38.8 Å². The molecular weight excluding hydrogens is 258 g/mol. The van der Waals surface area contributed by atoms with Gasteiger partial charge in [-0.2, -0.15) is 4.37 Å². The van der Waals surface area contributed by atoms with Crippen LogP contribution in [0.3, 0.4) is 0 Å². The van der Waals surface area contributed by atoms with Crippen LogP contribution in [0.15, 0.2) is 6.08 Å². The van der Waals surface area contributed by atoms with E-state index in [0.717, 1.165) is 37.2 Å². The molecule has 0 saturated carbocycles. The number of hydrogen-bond acceptors (Lipinski definition) is 5. The molecule has 106 valence electrons. The summed E-state index contributed by atoms with van der Waals surface area (Å²) < 4.78 is 76.1. The van der Waals surface area contributed by atoms with Crippen LogP contribution in [-0.4, -0.2) is 40.4 Å². The molecule has 0 atom stereocenters. The number of rotatable bonds is 7. The minimum Gasteiger partial charge on any atom is -0.475 e. The average Bonchev–Trinajstić information content (AvgIpc) is 3.00. The molecule has 2 heterocycles. The first-order chi connectivity index (χ1) is 12.2. The van der Waals surface area contributed by atoms with Crippen molar-refractivity contribution in [2.75, 3.05) is 26.7 Å². The largest absolute Gasteiger partial charge is 0.475 e. The zero-order valence-electron chi connectivity index (χ0n) is 19.1. The molecule has 0 bridgehead atoms. The van der Waals surface area contributed by atoms with Crippen LogP contribution >= 0.6 is 11.7 Å². The van der Waals surface area contributed by atoms with Gasteiger partial charge >= 0.3 is 0 Å². The summed E-state index contributed by atoms with van der Waals surface area (Å²) >= 11 is 0.894. The SMILES string of the molecule is [2H]C([2H])(C)C([2H])([2H])C([2H])([2H])C([2H])([2H])COc1nsnc1C1=CCCN(C)C1. The normalized spacial score (nSPS) is 25.7. The highest BCUT2D eigenvalue weighted by Crippen LogP contribution is 2.27. The fourth-order valence-corrected chi connectivity index (χ4v) is 2.31. The molecule has 0 amide bonds. The Morgan fingerprint density at radius 2 is 2.32 bits per heavy atom. The summed E-state index contributed by atoms with van der Waals surface area (Å²) in [5, 5.41) is 0. The van der Waals surface area contributed by atoms with E-state index in [4.69, 9.17) is 15.7 Å². The summed E-state index contributed by atoms with van der Waals surface area (Å²) in [5.74, 6) is 0.0706. The molecule has 0 spiro atoms. The van der Waals surface area contributed by atoms with Crippen LogP contribution in [0.4, 0.5) is 0 Å². The fraction of sp³-hybridized carbons (Fsp3) is 0.714. The van der Waals surface area contributed by atoms with Gasteiger partial charge in [-0.15, -0.1) is 4.37 Å². The van der Waals surface area contributed by atoms with E-state index in [-0.39, 0.29) is 5.88 Å². The lowest BCUT2D eigenvalue weighted by Crippen LogP contribution is -2.25. The van der Waals surface area contributed by atoms with Crippen LogP contribution in [0.25, 0.3) is 5.57 Å². The molecule has 5 heteroatoms. The van der Waals surface area contributed by atoms with Crippen molar-refractivity contribution < 1.29 is 15.7 Å². The number of nitrogens with zero attached hydrogens (tertiary/aromatic N) is 3. The zero-order chi connectivity index (χ0) is 20.7. The summed E-state index contributed by atoms with van der Waals surface area (Å²) in [6.45, 7) is 1.61. The molecule has 0 fully saturated rings. The molecule has 0 saturated heterocycles. The van der Waals surface area contributed by atoms with Gasteiger partial charge in [-0.05, 0) is 25.4 Å². The number of hydrogen-bond donors (Lipinski definition) is 0. The maximum atomic E-state index is 8.01. The van der Waals surface area contributed by atoms with E-state index in [1.807, 2.05) is 13.1 Å². The highest BCUT2D eigenvalue weighted by atomic mass is 32.1.